The summed E-state index contributed by atoms with van der Waals surface area (Å²) in [6.45, 7) is 0. The van der Waals surface area contributed by atoms with Crippen LogP contribution in [-0.2, 0) is 0 Å². The van der Waals surface area contributed by atoms with Crippen LogP contribution in [0.1, 0.15) is 31.7 Å². The third-order valence-electron chi connectivity index (χ3n) is 3.86. The van der Waals surface area contributed by atoms with Gasteiger partial charge >= 0.3 is 0 Å². The van der Waals surface area contributed by atoms with Gasteiger partial charge < -0.3 is 5.11 Å². The zero-order chi connectivity index (χ0) is 14.3. The van der Waals surface area contributed by atoms with Gasteiger partial charge in [-0.1, -0.05) is 40.4 Å². The smallest absolute Gasteiger partial charge is 0.261 e. The lowest BCUT2D eigenvalue weighted by Gasteiger charge is -2.29. The maximum Gasteiger partial charge on any atom is 0.261 e. The Hall–Kier alpha value is -0.910. The molecule has 0 spiro atoms. The van der Waals surface area contributed by atoms with Gasteiger partial charge in [0.25, 0.3) is 5.56 Å². The Morgan fingerprint density at radius 2 is 2.10 bits per heavy atom. The fourth-order valence-electron chi connectivity index (χ4n) is 2.82. The van der Waals surface area contributed by atoms with E-state index in [0.717, 1.165) is 30.2 Å². The van der Waals surface area contributed by atoms with Crippen molar-refractivity contribution < 1.29 is 5.11 Å². The zero-order valence-corrected chi connectivity index (χ0v) is 13.1. The number of rotatable bonds is 1. The number of hydrogen-bond donors (Lipinski definition) is 1. The molecule has 1 fully saturated rings. The number of hydrogen-bond acceptors (Lipinski definition) is 3. The second-order valence-electron chi connectivity index (χ2n) is 5.16. The van der Waals surface area contributed by atoms with Crippen molar-refractivity contribution in [1.29, 1.82) is 0 Å². The largest absolute Gasteiger partial charge is 0.391 e. The van der Waals surface area contributed by atoms with Crippen molar-refractivity contribution in [1.82, 2.24) is 9.55 Å². The summed E-state index contributed by atoms with van der Waals surface area (Å²) in [5.74, 6) is 0. The van der Waals surface area contributed by atoms with Crippen LogP contribution in [-0.4, -0.2) is 20.8 Å². The molecule has 0 aliphatic heterocycles. The quantitative estimate of drug-likeness (QED) is 0.852. The second kappa shape index (κ2) is 5.47. The van der Waals surface area contributed by atoms with Crippen LogP contribution in [0, 0.1) is 0 Å². The number of halogens is 2. The molecular weight excluding hydrogens is 344 g/mol. The highest BCUT2D eigenvalue weighted by Gasteiger charge is 2.26. The normalized spacial score (nSPS) is 23.1. The van der Waals surface area contributed by atoms with Crippen molar-refractivity contribution in [3.8, 4) is 0 Å². The van der Waals surface area contributed by atoms with E-state index < -0.39 is 6.10 Å². The third-order valence-corrected chi connectivity index (χ3v) is 4.60. The van der Waals surface area contributed by atoms with Crippen molar-refractivity contribution in [2.75, 3.05) is 0 Å². The molecule has 3 rings (SSSR count). The minimum atomic E-state index is -0.483. The van der Waals surface area contributed by atoms with E-state index in [1.165, 1.54) is 6.33 Å². The second-order valence-corrected chi connectivity index (χ2v) is 6.48. The Labute approximate surface area is 129 Å². The van der Waals surface area contributed by atoms with E-state index in [4.69, 9.17) is 11.6 Å². The molecule has 1 heterocycles. The van der Waals surface area contributed by atoms with E-state index in [9.17, 15) is 9.90 Å². The highest BCUT2D eigenvalue weighted by Crippen LogP contribution is 2.29. The Kier molecular flexibility index (Phi) is 3.84. The first-order valence-corrected chi connectivity index (χ1v) is 7.79. The molecule has 0 saturated heterocycles. The topological polar surface area (TPSA) is 55.1 Å². The number of aliphatic hydroxyl groups excluding tert-OH is 1. The average molecular weight is 358 g/mol. The average Bonchev–Trinajstić information content (AvgIpc) is 2.41. The van der Waals surface area contributed by atoms with E-state index in [-0.39, 0.29) is 11.6 Å². The van der Waals surface area contributed by atoms with Gasteiger partial charge in [-0.25, -0.2) is 4.98 Å². The molecule has 0 amide bonds. The lowest BCUT2D eigenvalue weighted by Crippen LogP contribution is -2.34. The summed E-state index contributed by atoms with van der Waals surface area (Å²) < 4.78 is 2.30. The van der Waals surface area contributed by atoms with Gasteiger partial charge in [-0.3, -0.25) is 9.36 Å². The number of aromatic nitrogens is 2. The standard InChI is InChI=1S/C14H14BrClN2O2/c15-8-5-9-13(10(16)6-8)17-7-18(14(9)20)11-3-1-2-4-12(11)19/h5-7,11-12,19H,1-4H2/t11-,12-/m0/s1. The molecule has 1 aromatic carbocycles. The van der Waals surface area contributed by atoms with Crippen molar-refractivity contribution in [3.05, 3.63) is 38.3 Å². The summed E-state index contributed by atoms with van der Waals surface area (Å²) in [6, 6.07) is 3.25. The van der Waals surface area contributed by atoms with Crippen molar-refractivity contribution >= 4 is 38.4 Å². The van der Waals surface area contributed by atoms with Crippen molar-refractivity contribution in [2.45, 2.75) is 37.8 Å². The molecule has 4 nitrogen and oxygen atoms in total. The first kappa shape index (κ1) is 14.0. The van der Waals surface area contributed by atoms with Crippen LogP contribution >= 0.6 is 27.5 Å². The molecule has 1 N–H and O–H groups in total. The van der Waals surface area contributed by atoms with Gasteiger partial charge in [0.2, 0.25) is 0 Å². The summed E-state index contributed by atoms with van der Waals surface area (Å²) >= 11 is 9.45. The fraction of sp³-hybridized carbons (Fsp3) is 0.429. The molecule has 0 bridgehead atoms. The summed E-state index contributed by atoms with van der Waals surface area (Å²) in [7, 11) is 0. The zero-order valence-electron chi connectivity index (χ0n) is 10.7. The molecule has 1 saturated carbocycles. The van der Waals surface area contributed by atoms with Crippen LogP contribution in [0.3, 0.4) is 0 Å². The van der Waals surface area contributed by atoms with Gasteiger partial charge in [-0.05, 0) is 25.0 Å². The van der Waals surface area contributed by atoms with Crippen LogP contribution in [0.4, 0.5) is 0 Å². The lowest BCUT2D eigenvalue weighted by atomic mass is 9.92. The van der Waals surface area contributed by atoms with Crippen molar-refractivity contribution in [3.63, 3.8) is 0 Å². The SMILES string of the molecule is O=c1c2cc(Br)cc(Cl)c2ncn1[C@H]1CCCC[C@@H]1O. The van der Waals surface area contributed by atoms with Gasteiger partial charge in [0.05, 0.1) is 34.4 Å². The number of aliphatic hydroxyl groups is 1. The predicted molar refractivity (Wildman–Crippen MR) is 82.2 cm³/mol. The van der Waals surface area contributed by atoms with E-state index in [1.54, 1.807) is 16.7 Å². The maximum absolute atomic E-state index is 12.6. The summed E-state index contributed by atoms with van der Waals surface area (Å²) in [6.07, 6.45) is 4.58. The monoisotopic (exact) mass is 356 g/mol. The fourth-order valence-corrected chi connectivity index (χ4v) is 3.68. The maximum atomic E-state index is 12.6. The van der Waals surface area contributed by atoms with Crippen LogP contribution in [0.5, 0.6) is 0 Å². The third kappa shape index (κ3) is 2.38. The molecule has 1 aliphatic carbocycles. The Balaban J connectivity index is 2.18. The predicted octanol–water partition coefficient (Wildman–Crippen LogP) is 3.29. The molecule has 1 aromatic heterocycles. The van der Waals surface area contributed by atoms with E-state index in [2.05, 4.69) is 20.9 Å². The number of benzene rings is 1. The Bertz CT molecular complexity index is 716. The van der Waals surface area contributed by atoms with Gasteiger partial charge in [-0.15, -0.1) is 0 Å². The van der Waals surface area contributed by atoms with Crippen LogP contribution in [0.25, 0.3) is 10.9 Å². The summed E-state index contributed by atoms with van der Waals surface area (Å²) in [4.78, 5) is 16.9. The molecule has 0 unspecified atom stereocenters. The number of fused-ring (bicyclic) bond motifs is 1. The van der Waals surface area contributed by atoms with Gasteiger partial charge in [-0.2, -0.15) is 0 Å². The molecule has 2 atom stereocenters. The molecule has 6 heteroatoms. The Morgan fingerprint density at radius 1 is 1.35 bits per heavy atom. The Morgan fingerprint density at radius 3 is 2.85 bits per heavy atom. The molecule has 106 valence electrons. The van der Waals surface area contributed by atoms with E-state index >= 15 is 0 Å². The molecule has 1 aliphatic rings. The van der Waals surface area contributed by atoms with Crippen LogP contribution in [0.2, 0.25) is 5.02 Å². The van der Waals surface area contributed by atoms with Crippen molar-refractivity contribution in [2.24, 2.45) is 0 Å². The van der Waals surface area contributed by atoms with Gasteiger partial charge in [0, 0.05) is 4.47 Å². The molecule has 2 aromatic rings. The lowest BCUT2D eigenvalue weighted by molar-refractivity contribution is 0.0735. The highest BCUT2D eigenvalue weighted by atomic mass is 79.9. The van der Waals surface area contributed by atoms with E-state index in [0.29, 0.717) is 15.9 Å². The highest BCUT2D eigenvalue weighted by molar-refractivity contribution is 9.10. The summed E-state index contributed by atoms with van der Waals surface area (Å²) in [5.41, 5.74) is 0.352. The molecule has 20 heavy (non-hydrogen) atoms. The van der Waals surface area contributed by atoms with Crippen LogP contribution in [0.15, 0.2) is 27.7 Å². The van der Waals surface area contributed by atoms with Gasteiger partial charge in [0.1, 0.15) is 0 Å². The number of nitrogens with zero attached hydrogens (tertiary/aromatic N) is 2. The van der Waals surface area contributed by atoms with Crippen LogP contribution < -0.4 is 5.56 Å². The van der Waals surface area contributed by atoms with E-state index in [1.807, 2.05) is 0 Å². The first-order chi connectivity index (χ1) is 9.58. The molecular formula is C14H14BrClN2O2. The summed E-state index contributed by atoms with van der Waals surface area (Å²) in [5, 5.41) is 11.0. The minimum absolute atomic E-state index is 0.149. The molecule has 0 radical (unpaired) electrons. The van der Waals surface area contributed by atoms with Gasteiger partial charge in [0.15, 0.2) is 0 Å². The first-order valence-electron chi connectivity index (χ1n) is 6.62. The minimum Gasteiger partial charge on any atom is -0.391 e.